The van der Waals surface area contributed by atoms with Crippen molar-refractivity contribution < 1.29 is 0 Å². The second kappa shape index (κ2) is 10.7. The number of benzene rings is 4. The Morgan fingerprint density at radius 3 is 2.53 bits per heavy atom. The fourth-order valence-corrected chi connectivity index (χ4v) is 5.71. The monoisotopic (exact) mass is 468 g/mol. The highest BCUT2D eigenvalue weighted by molar-refractivity contribution is 6.30. The molecule has 3 atom stereocenters. The Hall–Kier alpha value is -2.65. The van der Waals surface area contributed by atoms with Crippen LogP contribution in [0.4, 0.5) is 0 Å². The predicted octanol–water partition coefficient (Wildman–Crippen LogP) is 7.45. The van der Waals surface area contributed by atoms with Crippen molar-refractivity contribution in [3.05, 3.63) is 119 Å². The third kappa shape index (κ3) is 5.36. The number of rotatable bonds is 7. The fourth-order valence-electron chi connectivity index (χ4n) is 5.49. The van der Waals surface area contributed by atoms with Gasteiger partial charge in [0.05, 0.1) is 0 Å². The third-order valence-corrected chi connectivity index (χ3v) is 7.57. The molecule has 0 spiro atoms. The Balaban J connectivity index is 1.30. The number of likely N-dealkylation sites (tertiary alicyclic amines) is 1. The highest BCUT2D eigenvalue weighted by Crippen LogP contribution is 2.34. The number of nitrogens with zero attached hydrogens (tertiary/aromatic N) is 1. The summed E-state index contributed by atoms with van der Waals surface area (Å²) in [6.07, 6.45) is 1.19. The van der Waals surface area contributed by atoms with Gasteiger partial charge in [-0.2, -0.15) is 0 Å². The molecule has 1 heterocycles. The van der Waals surface area contributed by atoms with Crippen LogP contribution in [0.2, 0.25) is 5.02 Å². The Morgan fingerprint density at radius 2 is 1.68 bits per heavy atom. The number of fused-ring (bicyclic) bond motifs is 1. The first-order chi connectivity index (χ1) is 16.7. The Labute approximate surface area is 208 Å². The number of hydrogen-bond donors (Lipinski definition) is 1. The van der Waals surface area contributed by atoms with Gasteiger partial charge in [-0.1, -0.05) is 96.5 Å². The van der Waals surface area contributed by atoms with E-state index in [9.17, 15) is 0 Å². The summed E-state index contributed by atoms with van der Waals surface area (Å²) < 4.78 is 0. The Kier molecular flexibility index (Phi) is 7.30. The van der Waals surface area contributed by atoms with Crippen LogP contribution in [0.1, 0.15) is 42.0 Å². The molecule has 1 aliphatic rings. The molecule has 4 aromatic rings. The van der Waals surface area contributed by atoms with Crippen LogP contribution >= 0.6 is 11.6 Å². The Bertz CT molecular complexity index is 1220. The molecule has 0 saturated carbocycles. The van der Waals surface area contributed by atoms with Crippen LogP contribution < -0.4 is 5.32 Å². The maximum Gasteiger partial charge on any atom is 0.0409 e. The van der Waals surface area contributed by atoms with Gasteiger partial charge in [-0.3, -0.25) is 4.90 Å². The number of piperidine rings is 1. The topological polar surface area (TPSA) is 15.3 Å². The Morgan fingerprint density at radius 1 is 0.912 bits per heavy atom. The minimum absolute atomic E-state index is 0.312. The van der Waals surface area contributed by atoms with E-state index in [4.69, 9.17) is 11.6 Å². The lowest BCUT2D eigenvalue weighted by Crippen LogP contribution is -2.42. The smallest absolute Gasteiger partial charge is 0.0409 e. The van der Waals surface area contributed by atoms with E-state index >= 15 is 0 Å². The summed E-state index contributed by atoms with van der Waals surface area (Å²) in [5.41, 5.74) is 4.12. The first-order valence-corrected chi connectivity index (χ1v) is 12.8. The average molecular weight is 469 g/mol. The summed E-state index contributed by atoms with van der Waals surface area (Å²) in [4.78, 5) is 2.59. The number of hydrogen-bond acceptors (Lipinski definition) is 2. The quantitative estimate of drug-likeness (QED) is 0.303. The summed E-state index contributed by atoms with van der Waals surface area (Å²) >= 11 is 6.24. The third-order valence-electron chi connectivity index (χ3n) is 7.34. The summed E-state index contributed by atoms with van der Waals surface area (Å²) in [6, 6.07) is 35.0. The number of halogens is 1. The maximum absolute atomic E-state index is 6.24. The summed E-state index contributed by atoms with van der Waals surface area (Å²) in [6.45, 7) is 6.47. The zero-order valence-electron chi connectivity index (χ0n) is 19.8. The van der Waals surface area contributed by atoms with Crippen LogP contribution in [0.3, 0.4) is 0 Å². The molecule has 1 aliphatic heterocycles. The lowest BCUT2D eigenvalue weighted by atomic mass is 9.80. The lowest BCUT2D eigenvalue weighted by Gasteiger charge is -2.39. The molecule has 0 aromatic heterocycles. The van der Waals surface area contributed by atoms with Gasteiger partial charge in [0, 0.05) is 30.1 Å². The van der Waals surface area contributed by atoms with Crippen molar-refractivity contribution >= 4 is 22.4 Å². The first kappa shape index (κ1) is 23.1. The zero-order valence-corrected chi connectivity index (χ0v) is 20.6. The van der Waals surface area contributed by atoms with Crippen molar-refractivity contribution in [2.75, 3.05) is 19.6 Å². The van der Waals surface area contributed by atoms with Crippen molar-refractivity contribution in [3.63, 3.8) is 0 Å². The van der Waals surface area contributed by atoms with E-state index in [0.717, 1.165) is 31.2 Å². The SMILES string of the molecule is CC(NCC1CCN(Cc2cccc(Cl)c2)CC1c1ccccc1)c1cccc2ccccc12. The standard InChI is InChI=1S/C31H33ClN2/c1-23(29-16-8-13-25-12-5-6-15-30(25)29)33-20-27-17-18-34(21-24-9-7-14-28(32)19-24)22-31(27)26-10-3-2-4-11-26/h2-16,19,23,27,31,33H,17-18,20-22H2,1H3. The molecule has 1 N–H and O–H groups in total. The van der Waals surface area contributed by atoms with Crippen LogP contribution in [0, 0.1) is 5.92 Å². The van der Waals surface area contributed by atoms with Crippen molar-refractivity contribution in [1.29, 1.82) is 0 Å². The number of nitrogens with one attached hydrogen (secondary N) is 1. The first-order valence-electron chi connectivity index (χ1n) is 12.4. The van der Waals surface area contributed by atoms with Crippen molar-refractivity contribution in [1.82, 2.24) is 10.2 Å². The molecule has 5 rings (SSSR count). The lowest BCUT2D eigenvalue weighted by molar-refractivity contribution is 0.148. The molecule has 1 saturated heterocycles. The van der Waals surface area contributed by atoms with Crippen LogP contribution in [0.25, 0.3) is 10.8 Å². The second-order valence-electron chi connectivity index (χ2n) is 9.63. The van der Waals surface area contributed by atoms with Gasteiger partial charge in [-0.05, 0) is 71.9 Å². The minimum atomic E-state index is 0.312. The molecule has 3 unspecified atom stereocenters. The summed E-state index contributed by atoms with van der Waals surface area (Å²) in [5, 5.41) is 7.37. The van der Waals surface area contributed by atoms with E-state index in [1.165, 1.54) is 33.9 Å². The van der Waals surface area contributed by atoms with Gasteiger partial charge in [-0.15, -0.1) is 0 Å². The summed E-state index contributed by atoms with van der Waals surface area (Å²) in [7, 11) is 0. The van der Waals surface area contributed by atoms with E-state index in [1.54, 1.807) is 0 Å². The highest BCUT2D eigenvalue weighted by Gasteiger charge is 2.30. The van der Waals surface area contributed by atoms with Crippen LogP contribution in [-0.4, -0.2) is 24.5 Å². The molecule has 0 radical (unpaired) electrons. The minimum Gasteiger partial charge on any atom is -0.310 e. The molecule has 3 heteroatoms. The molecule has 0 aliphatic carbocycles. The molecular formula is C31H33ClN2. The molecule has 4 aromatic carbocycles. The summed E-state index contributed by atoms with van der Waals surface area (Å²) in [5.74, 6) is 1.12. The highest BCUT2D eigenvalue weighted by atomic mass is 35.5. The fraction of sp³-hybridized carbons (Fsp3) is 0.290. The average Bonchev–Trinajstić information content (AvgIpc) is 2.88. The van der Waals surface area contributed by atoms with Gasteiger partial charge in [0.15, 0.2) is 0 Å². The predicted molar refractivity (Wildman–Crippen MR) is 144 cm³/mol. The van der Waals surface area contributed by atoms with E-state index in [2.05, 4.69) is 108 Å². The van der Waals surface area contributed by atoms with E-state index in [-0.39, 0.29) is 0 Å². The van der Waals surface area contributed by atoms with E-state index in [1.807, 2.05) is 6.07 Å². The van der Waals surface area contributed by atoms with Gasteiger partial charge in [-0.25, -0.2) is 0 Å². The van der Waals surface area contributed by atoms with Crippen molar-refractivity contribution in [3.8, 4) is 0 Å². The van der Waals surface area contributed by atoms with E-state index < -0.39 is 0 Å². The van der Waals surface area contributed by atoms with Crippen LogP contribution in [0.15, 0.2) is 97.1 Å². The van der Waals surface area contributed by atoms with Gasteiger partial charge in [0.2, 0.25) is 0 Å². The molecule has 0 amide bonds. The van der Waals surface area contributed by atoms with Gasteiger partial charge in [0.25, 0.3) is 0 Å². The molecule has 34 heavy (non-hydrogen) atoms. The normalized spacial score (nSPS) is 19.8. The zero-order chi connectivity index (χ0) is 23.3. The van der Waals surface area contributed by atoms with Crippen LogP contribution in [-0.2, 0) is 6.54 Å². The van der Waals surface area contributed by atoms with Crippen molar-refractivity contribution in [2.24, 2.45) is 5.92 Å². The maximum atomic E-state index is 6.24. The molecule has 1 fully saturated rings. The second-order valence-corrected chi connectivity index (χ2v) is 10.1. The molecule has 2 nitrogen and oxygen atoms in total. The molecule has 0 bridgehead atoms. The molecular weight excluding hydrogens is 436 g/mol. The molecule has 174 valence electrons. The van der Waals surface area contributed by atoms with Gasteiger partial charge < -0.3 is 5.32 Å². The van der Waals surface area contributed by atoms with Gasteiger partial charge in [0.1, 0.15) is 0 Å². The van der Waals surface area contributed by atoms with Gasteiger partial charge >= 0.3 is 0 Å². The van der Waals surface area contributed by atoms with E-state index in [0.29, 0.717) is 17.9 Å². The largest absolute Gasteiger partial charge is 0.310 e. The van der Waals surface area contributed by atoms with Crippen LogP contribution in [0.5, 0.6) is 0 Å². The van der Waals surface area contributed by atoms with Crippen molar-refractivity contribution in [2.45, 2.75) is 31.8 Å².